The molecule has 0 spiro atoms. The van der Waals surface area contributed by atoms with Crippen molar-refractivity contribution in [2.45, 2.75) is 25.4 Å². The van der Waals surface area contributed by atoms with Gasteiger partial charge in [0.2, 0.25) is 0 Å². The van der Waals surface area contributed by atoms with Gasteiger partial charge in [-0.15, -0.1) is 0 Å². The standard InChI is InChI=1S/C22H24N6O2/c29-21(16-2-1-5-23-12-16)26-7-9-27-8-6-25-20(27)18-3-4-19-17-10-15(11-24-13-17)14-28(19)22(18)30/h1-6,8,12,15,17,24H,7,9-11,13-14H2,(H,26,29)/t15-,17+/m0/s1. The fourth-order valence-corrected chi connectivity index (χ4v) is 4.58. The highest BCUT2D eigenvalue weighted by molar-refractivity contribution is 5.93. The molecule has 154 valence electrons. The van der Waals surface area contributed by atoms with E-state index in [4.69, 9.17) is 0 Å². The number of nitrogens with zero attached hydrogens (tertiary/aromatic N) is 4. The van der Waals surface area contributed by atoms with Gasteiger partial charge in [-0.1, -0.05) is 0 Å². The molecule has 30 heavy (non-hydrogen) atoms. The summed E-state index contributed by atoms with van der Waals surface area (Å²) in [6.45, 7) is 3.61. The Morgan fingerprint density at radius 2 is 2.17 bits per heavy atom. The number of amides is 1. The summed E-state index contributed by atoms with van der Waals surface area (Å²) in [5.74, 6) is 1.38. The monoisotopic (exact) mass is 404 g/mol. The minimum atomic E-state index is -0.168. The normalized spacial score (nSPS) is 19.9. The minimum absolute atomic E-state index is 0.0240. The van der Waals surface area contributed by atoms with Crippen LogP contribution in [0.15, 0.2) is 53.8 Å². The van der Waals surface area contributed by atoms with Crippen molar-refractivity contribution in [3.05, 3.63) is 70.7 Å². The predicted molar refractivity (Wildman–Crippen MR) is 112 cm³/mol. The van der Waals surface area contributed by atoms with Crippen molar-refractivity contribution in [1.82, 2.24) is 29.7 Å². The molecule has 2 bridgehead atoms. The number of carbonyl (C=O) groups is 1. The van der Waals surface area contributed by atoms with E-state index in [-0.39, 0.29) is 11.5 Å². The Kier molecular flexibility index (Phi) is 4.92. The van der Waals surface area contributed by atoms with E-state index in [1.165, 1.54) is 6.20 Å². The van der Waals surface area contributed by atoms with Crippen LogP contribution >= 0.6 is 0 Å². The molecule has 5 rings (SSSR count). The second kappa shape index (κ2) is 7.87. The van der Waals surface area contributed by atoms with Crippen LogP contribution in [-0.2, 0) is 13.1 Å². The van der Waals surface area contributed by atoms with Gasteiger partial charge in [-0.3, -0.25) is 14.6 Å². The van der Waals surface area contributed by atoms with E-state index in [9.17, 15) is 9.59 Å². The molecule has 3 aromatic heterocycles. The van der Waals surface area contributed by atoms with Crippen molar-refractivity contribution in [3.63, 3.8) is 0 Å². The van der Waals surface area contributed by atoms with E-state index in [1.54, 1.807) is 24.5 Å². The second-order valence-electron chi connectivity index (χ2n) is 7.99. The predicted octanol–water partition coefficient (Wildman–Crippen LogP) is 1.24. The molecule has 5 heterocycles. The number of imidazole rings is 1. The summed E-state index contributed by atoms with van der Waals surface area (Å²) in [5, 5.41) is 6.36. The van der Waals surface area contributed by atoms with Gasteiger partial charge in [-0.25, -0.2) is 4.98 Å². The number of nitrogens with one attached hydrogen (secondary N) is 2. The van der Waals surface area contributed by atoms with Crippen LogP contribution in [0.4, 0.5) is 0 Å². The Bertz CT molecular complexity index is 1120. The van der Waals surface area contributed by atoms with Gasteiger partial charge in [0.25, 0.3) is 11.5 Å². The van der Waals surface area contributed by atoms with Crippen LogP contribution in [0, 0.1) is 5.92 Å². The zero-order valence-electron chi connectivity index (χ0n) is 16.6. The highest BCUT2D eigenvalue weighted by Crippen LogP contribution is 2.32. The fraction of sp³-hybridized carbons (Fsp3) is 0.364. The summed E-state index contributed by atoms with van der Waals surface area (Å²) < 4.78 is 3.86. The Hall–Kier alpha value is -3.26. The molecule has 3 aromatic rings. The first-order chi connectivity index (χ1) is 14.7. The van der Waals surface area contributed by atoms with E-state index in [1.807, 2.05) is 21.4 Å². The third kappa shape index (κ3) is 3.43. The summed E-state index contributed by atoms with van der Waals surface area (Å²) in [6, 6.07) is 7.44. The first kappa shape index (κ1) is 18.7. The lowest BCUT2D eigenvalue weighted by molar-refractivity contribution is 0.0952. The van der Waals surface area contributed by atoms with Crippen LogP contribution < -0.4 is 16.2 Å². The third-order valence-corrected chi connectivity index (χ3v) is 6.03. The summed E-state index contributed by atoms with van der Waals surface area (Å²) in [5.41, 5.74) is 2.27. The fourth-order valence-electron chi connectivity index (χ4n) is 4.58. The minimum Gasteiger partial charge on any atom is -0.350 e. The van der Waals surface area contributed by atoms with Gasteiger partial charge in [0.15, 0.2) is 0 Å². The van der Waals surface area contributed by atoms with Crippen LogP contribution in [0.25, 0.3) is 11.4 Å². The third-order valence-electron chi connectivity index (χ3n) is 6.03. The molecule has 1 fully saturated rings. The number of piperidine rings is 1. The van der Waals surface area contributed by atoms with Crippen molar-refractivity contribution in [1.29, 1.82) is 0 Å². The molecule has 2 atom stereocenters. The zero-order valence-corrected chi connectivity index (χ0v) is 16.6. The lowest BCUT2D eigenvalue weighted by atomic mass is 9.84. The van der Waals surface area contributed by atoms with E-state index < -0.39 is 0 Å². The maximum Gasteiger partial charge on any atom is 0.261 e. The topological polar surface area (TPSA) is 93.8 Å². The summed E-state index contributed by atoms with van der Waals surface area (Å²) in [7, 11) is 0. The van der Waals surface area contributed by atoms with E-state index in [0.717, 1.165) is 31.7 Å². The molecule has 2 N–H and O–H groups in total. The van der Waals surface area contributed by atoms with Gasteiger partial charge in [0, 0.05) is 62.6 Å². The van der Waals surface area contributed by atoms with Crippen LogP contribution in [0.2, 0.25) is 0 Å². The van der Waals surface area contributed by atoms with Gasteiger partial charge in [0.05, 0.1) is 11.1 Å². The molecule has 8 heteroatoms. The molecular formula is C22H24N6O2. The lowest BCUT2D eigenvalue weighted by Gasteiger charge is -2.37. The average Bonchev–Trinajstić information content (AvgIpc) is 3.23. The molecule has 2 aliphatic rings. The van der Waals surface area contributed by atoms with Gasteiger partial charge >= 0.3 is 0 Å². The molecule has 2 aliphatic heterocycles. The van der Waals surface area contributed by atoms with Crippen molar-refractivity contribution in [3.8, 4) is 11.4 Å². The first-order valence-corrected chi connectivity index (χ1v) is 10.3. The van der Waals surface area contributed by atoms with Gasteiger partial charge in [0.1, 0.15) is 5.82 Å². The average molecular weight is 404 g/mol. The number of pyridine rings is 2. The van der Waals surface area contributed by atoms with Gasteiger partial charge < -0.3 is 19.8 Å². The van der Waals surface area contributed by atoms with Gasteiger partial charge in [-0.2, -0.15) is 0 Å². The largest absolute Gasteiger partial charge is 0.350 e. The molecule has 0 aliphatic carbocycles. The Morgan fingerprint density at radius 3 is 3.03 bits per heavy atom. The smallest absolute Gasteiger partial charge is 0.261 e. The van der Waals surface area contributed by atoms with Crippen LogP contribution in [0.1, 0.15) is 28.4 Å². The Morgan fingerprint density at radius 1 is 1.23 bits per heavy atom. The summed E-state index contributed by atoms with van der Waals surface area (Å²) in [6.07, 6.45) is 7.86. The molecule has 0 radical (unpaired) electrons. The SMILES string of the molecule is O=C(NCCn1ccnc1-c1ccc2n(c1=O)C[C@@H]1CNC[C@H]2C1)c1cccnc1. The number of carbonyl (C=O) groups excluding carboxylic acids is 1. The van der Waals surface area contributed by atoms with Gasteiger partial charge in [-0.05, 0) is 43.1 Å². The molecule has 1 amide bonds. The van der Waals surface area contributed by atoms with Crippen molar-refractivity contribution in [2.75, 3.05) is 19.6 Å². The Balaban J connectivity index is 1.34. The number of fused-ring (bicyclic) bond motifs is 4. The maximum absolute atomic E-state index is 13.3. The molecule has 0 unspecified atom stereocenters. The molecule has 1 saturated heterocycles. The van der Waals surface area contributed by atoms with Crippen molar-refractivity contribution < 1.29 is 4.79 Å². The molecule has 0 saturated carbocycles. The van der Waals surface area contributed by atoms with Crippen LogP contribution in [-0.4, -0.2) is 44.6 Å². The summed E-state index contributed by atoms with van der Waals surface area (Å²) >= 11 is 0. The van der Waals surface area contributed by atoms with Crippen molar-refractivity contribution in [2.24, 2.45) is 5.92 Å². The highest BCUT2D eigenvalue weighted by Gasteiger charge is 2.31. The number of aromatic nitrogens is 4. The maximum atomic E-state index is 13.3. The van der Waals surface area contributed by atoms with E-state index >= 15 is 0 Å². The molecular weight excluding hydrogens is 380 g/mol. The first-order valence-electron chi connectivity index (χ1n) is 10.3. The number of hydrogen-bond acceptors (Lipinski definition) is 5. The van der Waals surface area contributed by atoms with Crippen molar-refractivity contribution >= 4 is 5.91 Å². The van der Waals surface area contributed by atoms with Crippen LogP contribution in [0.5, 0.6) is 0 Å². The van der Waals surface area contributed by atoms with E-state index in [2.05, 4.69) is 26.7 Å². The number of rotatable bonds is 5. The summed E-state index contributed by atoms with van der Waals surface area (Å²) in [4.78, 5) is 33.9. The molecule has 8 nitrogen and oxygen atoms in total. The lowest BCUT2D eigenvalue weighted by Crippen LogP contribution is -2.45. The zero-order chi connectivity index (χ0) is 20.5. The molecule has 0 aromatic carbocycles. The van der Waals surface area contributed by atoms with E-state index in [0.29, 0.717) is 41.9 Å². The quantitative estimate of drug-likeness (QED) is 0.667. The number of hydrogen-bond donors (Lipinski definition) is 2. The highest BCUT2D eigenvalue weighted by atomic mass is 16.1. The van der Waals surface area contributed by atoms with Crippen LogP contribution in [0.3, 0.4) is 0 Å². The second-order valence-corrected chi connectivity index (χ2v) is 7.99. The Labute approximate surface area is 174 Å².